The molecule has 12 nitrogen and oxygen atoms in total. The molecule has 1 saturated heterocycles. The van der Waals surface area contributed by atoms with Crippen molar-refractivity contribution in [2.45, 2.75) is 69.1 Å². The molecule has 4 rings (SSSR count). The Bertz CT molecular complexity index is 1360. The number of likely N-dealkylation sites (N-methyl/N-ethyl adjacent to an activating group) is 2. The Morgan fingerprint density at radius 3 is 2.28 bits per heavy atom. The molecule has 0 aliphatic carbocycles. The Hall–Kier alpha value is -3.71. The summed E-state index contributed by atoms with van der Waals surface area (Å²) in [5.41, 5.74) is 8.58. The predicted molar refractivity (Wildman–Crippen MR) is 178 cm³/mol. The minimum Gasteiger partial charge on any atom is -0.508 e. The number of phenolic OH excluding ortho intramolecular Hbond substituents is 2. The summed E-state index contributed by atoms with van der Waals surface area (Å²) in [4.78, 5) is 45.9. The van der Waals surface area contributed by atoms with Crippen molar-refractivity contribution in [2.75, 3.05) is 53.9 Å². The molecular weight excluding hydrogens is 586 g/mol. The maximum absolute atomic E-state index is 14.3. The Balaban J connectivity index is 1.77. The minimum absolute atomic E-state index is 0.00521. The second-order valence-electron chi connectivity index (χ2n) is 12.5. The van der Waals surface area contributed by atoms with Gasteiger partial charge in [-0.1, -0.05) is 18.6 Å². The van der Waals surface area contributed by atoms with E-state index in [1.54, 1.807) is 36.2 Å². The number of nitrogens with one attached hydrogen (secondary N) is 4. The molecule has 1 fully saturated rings. The maximum atomic E-state index is 14.3. The third kappa shape index (κ3) is 8.97. The van der Waals surface area contributed by atoms with Gasteiger partial charge in [0.1, 0.15) is 23.6 Å². The summed E-state index contributed by atoms with van der Waals surface area (Å²) in [7, 11) is 5.54. The fourth-order valence-corrected chi connectivity index (χ4v) is 6.42. The fourth-order valence-electron chi connectivity index (χ4n) is 6.42. The third-order valence-electron chi connectivity index (χ3n) is 9.24. The topological polar surface area (TPSA) is 172 Å². The molecule has 8 N–H and O–H groups in total. The zero-order chi connectivity index (χ0) is 33.2. The fraction of sp³-hybridized carbons (Fsp3) is 0.559. The summed E-state index contributed by atoms with van der Waals surface area (Å²) in [5, 5.41) is 33.6. The first-order valence-electron chi connectivity index (χ1n) is 16.4. The number of hydrogen-bond donors (Lipinski definition) is 7. The van der Waals surface area contributed by atoms with Crippen LogP contribution in [0.1, 0.15) is 43.2 Å². The van der Waals surface area contributed by atoms with Gasteiger partial charge in [-0.2, -0.15) is 0 Å². The van der Waals surface area contributed by atoms with Crippen LogP contribution in [-0.4, -0.2) is 116 Å². The van der Waals surface area contributed by atoms with E-state index in [2.05, 4.69) is 33.2 Å². The molecule has 0 spiro atoms. The molecule has 2 heterocycles. The number of phenols is 2. The van der Waals surface area contributed by atoms with Crippen LogP contribution in [-0.2, 0) is 27.2 Å². The number of benzene rings is 2. The highest BCUT2D eigenvalue weighted by molar-refractivity contribution is 5.93. The van der Waals surface area contributed by atoms with Crippen molar-refractivity contribution in [2.24, 2.45) is 5.73 Å². The number of hydrogen-bond acceptors (Lipinski definition) is 9. The minimum atomic E-state index is -1.02. The zero-order valence-corrected chi connectivity index (χ0v) is 27.3. The van der Waals surface area contributed by atoms with Gasteiger partial charge >= 0.3 is 0 Å². The predicted octanol–water partition coefficient (Wildman–Crippen LogP) is 0.692. The van der Waals surface area contributed by atoms with E-state index >= 15 is 0 Å². The highest BCUT2D eigenvalue weighted by Crippen LogP contribution is 2.31. The number of likely N-dealkylation sites (tertiary alicyclic amines) is 1. The first kappa shape index (κ1) is 35.1. The molecule has 2 aliphatic rings. The van der Waals surface area contributed by atoms with Crippen LogP contribution >= 0.6 is 0 Å². The number of fused-ring (bicyclic) bond motifs is 5. The lowest BCUT2D eigenvalue weighted by atomic mass is 9.95. The molecule has 0 radical (unpaired) electrons. The number of carbonyl (C=O) groups excluding carboxylic acids is 3. The van der Waals surface area contributed by atoms with E-state index in [1.807, 2.05) is 19.2 Å². The van der Waals surface area contributed by atoms with Gasteiger partial charge in [-0.05, 0) is 106 Å². The van der Waals surface area contributed by atoms with E-state index in [4.69, 9.17) is 5.73 Å². The molecule has 0 aromatic heterocycles. The van der Waals surface area contributed by atoms with E-state index in [0.29, 0.717) is 43.6 Å². The zero-order valence-electron chi connectivity index (χ0n) is 27.3. The normalized spacial score (nSPS) is 22.7. The molecule has 2 aliphatic heterocycles. The number of nitrogens with zero attached hydrogens (tertiary/aromatic N) is 2. The monoisotopic (exact) mass is 637 g/mol. The second kappa shape index (κ2) is 16.7. The molecule has 1 unspecified atom stereocenters. The maximum Gasteiger partial charge on any atom is 0.245 e. The molecule has 2 aromatic rings. The first-order valence-corrected chi connectivity index (χ1v) is 16.4. The SMILES string of the molecule is CNCCC[C@@H]1NC(=O)[C@@H](NC)Cc2cc(ccc2O)-c2ccc(O)c(c2)C[C@@H](C(=O)N(CCN)CC2CCCCN2C)NC1=O. The number of carbonyl (C=O) groups is 3. The summed E-state index contributed by atoms with van der Waals surface area (Å²) < 4.78 is 0. The lowest BCUT2D eigenvalue weighted by molar-refractivity contribution is -0.138. The van der Waals surface area contributed by atoms with E-state index in [1.165, 1.54) is 0 Å². The molecule has 4 bridgehead atoms. The Morgan fingerprint density at radius 1 is 1.00 bits per heavy atom. The third-order valence-corrected chi connectivity index (χ3v) is 9.24. The largest absolute Gasteiger partial charge is 0.508 e. The van der Waals surface area contributed by atoms with E-state index in [9.17, 15) is 24.6 Å². The molecule has 3 amide bonds. The summed E-state index contributed by atoms with van der Waals surface area (Å²) in [6.45, 7) is 2.66. The van der Waals surface area contributed by atoms with E-state index < -0.39 is 29.9 Å². The highest BCUT2D eigenvalue weighted by atomic mass is 16.3. The highest BCUT2D eigenvalue weighted by Gasteiger charge is 2.33. The van der Waals surface area contributed by atoms with E-state index in [0.717, 1.165) is 36.9 Å². The number of aromatic hydroxyl groups is 2. The van der Waals surface area contributed by atoms with Gasteiger partial charge in [-0.15, -0.1) is 0 Å². The standard InChI is InChI=1S/C34H51N7O5/c1-36-14-6-8-27-32(44)39-29(34(46)41(16-13-35)21-26-7-4-5-15-40(26)3)20-25-18-23(10-12-31(25)43)22-9-11-30(42)24(17-22)19-28(37-2)33(45)38-27/h9-12,17-18,26-29,36-37,42-43H,4-8,13-16,19-21,35H2,1-3H3,(H,38,45)(H,39,44)/t26?,27-,28-,29-/m0/s1. The van der Waals surface area contributed by atoms with Gasteiger partial charge in [0.15, 0.2) is 0 Å². The van der Waals surface area contributed by atoms with Crippen molar-refractivity contribution in [3.8, 4) is 22.6 Å². The second-order valence-corrected chi connectivity index (χ2v) is 12.5. The van der Waals surface area contributed by atoms with Crippen molar-refractivity contribution in [3.63, 3.8) is 0 Å². The van der Waals surface area contributed by atoms with Crippen LogP contribution in [0.15, 0.2) is 36.4 Å². The lowest BCUT2D eigenvalue weighted by Gasteiger charge is -2.37. The quantitative estimate of drug-likeness (QED) is 0.185. The van der Waals surface area contributed by atoms with Crippen LogP contribution in [0.5, 0.6) is 11.5 Å². The van der Waals surface area contributed by atoms with Crippen molar-refractivity contribution < 1.29 is 24.6 Å². The Labute approximate surface area is 272 Å². The van der Waals surface area contributed by atoms with Crippen LogP contribution in [0.25, 0.3) is 11.1 Å². The number of nitrogens with two attached hydrogens (primary N) is 1. The summed E-state index contributed by atoms with van der Waals surface area (Å²) >= 11 is 0. The average molecular weight is 638 g/mol. The Kier molecular flexibility index (Phi) is 12.8. The van der Waals surface area contributed by atoms with Crippen molar-refractivity contribution >= 4 is 17.7 Å². The summed E-state index contributed by atoms with van der Waals surface area (Å²) in [5.74, 6) is -1.09. The van der Waals surface area contributed by atoms with Crippen LogP contribution in [0, 0.1) is 0 Å². The molecule has 2 aromatic carbocycles. The molecule has 46 heavy (non-hydrogen) atoms. The van der Waals surface area contributed by atoms with Gasteiger partial charge in [0.05, 0.1) is 6.04 Å². The van der Waals surface area contributed by atoms with Gasteiger partial charge < -0.3 is 47.0 Å². The van der Waals surface area contributed by atoms with Crippen LogP contribution in [0.4, 0.5) is 0 Å². The van der Waals surface area contributed by atoms with Gasteiger partial charge in [-0.25, -0.2) is 0 Å². The molecular formula is C34H51N7O5. The van der Waals surface area contributed by atoms with Crippen LogP contribution in [0.3, 0.4) is 0 Å². The molecule has 4 atom stereocenters. The van der Waals surface area contributed by atoms with Crippen molar-refractivity contribution in [1.82, 2.24) is 31.1 Å². The van der Waals surface area contributed by atoms with Crippen molar-refractivity contribution in [3.05, 3.63) is 47.5 Å². The summed E-state index contributed by atoms with van der Waals surface area (Å²) in [6, 6.07) is 7.85. The van der Waals surface area contributed by atoms with Crippen molar-refractivity contribution in [1.29, 1.82) is 0 Å². The van der Waals surface area contributed by atoms with Gasteiger partial charge in [0.25, 0.3) is 0 Å². The van der Waals surface area contributed by atoms with E-state index in [-0.39, 0.29) is 42.8 Å². The molecule has 12 heteroatoms. The Morgan fingerprint density at radius 2 is 1.67 bits per heavy atom. The van der Waals surface area contributed by atoms with Gasteiger partial charge in [0.2, 0.25) is 17.7 Å². The van der Waals surface area contributed by atoms with Crippen LogP contribution in [0.2, 0.25) is 0 Å². The summed E-state index contributed by atoms with van der Waals surface area (Å²) in [6.07, 6.45) is 4.33. The lowest BCUT2D eigenvalue weighted by Crippen LogP contribution is -2.58. The first-order chi connectivity index (χ1) is 22.1. The van der Waals surface area contributed by atoms with Crippen LogP contribution < -0.4 is 27.0 Å². The number of piperidine rings is 1. The molecule has 252 valence electrons. The average Bonchev–Trinajstić information content (AvgIpc) is 3.04. The number of rotatable bonds is 10. The number of amides is 3. The smallest absolute Gasteiger partial charge is 0.245 e. The molecule has 0 saturated carbocycles. The van der Waals surface area contributed by atoms with Gasteiger partial charge in [0, 0.05) is 38.5 Å². The van der Waals surface area contributed by atoms with Gasteiger partial charge in [-0.3, -0.25) is 14.4 Å².